The van der Waals surface area contributed by atoms with Crippen LogP contribution in [0.5, 0.6) is 11.5 Å². The fraction of sp³-hybridized carbons (Fsp3) is 0.250. The van der Waals surface area contributed by atoms with E-state index in [1.54, 1.807) is 13.2 Å². The molecule has 1 aliphatic rings. The molecule has 4 nitrogen and oxygen atoms in total. The van der Waals surface area contributed by atoms with E-state index < -0.39 is 0 Å². The third-order valence-corrected chi connectivity index (χ3v) is 2.22. The molecule has 0 unspecified atom stereocenters. The van der Waals surface area contributed by atoms with E-state index in [0.29, 0.717) is 17.9 Å². The Morgan fingerprint density at radius 2 is 2.38 bits per heavy atom. The van der Waals surface area contributed by atoms with E-state index in [9.17, 15) is 4.79 Å². The Bertz CT molecular complexity index is 423. The predicted octanol–water partition coefficient (Wildman–Crippen LogP) is 1.64. The first-order valence-corrected chi connectivity index (χ1v) is 4.88. The summed E-state index contributed by atoms with van der Waals surface area (Å²) in [5, 5.41) is 0. The smallest absolute Gasteiger partial charge is 0.188 e. The van der Waals surface area contributed by atoms with Gasteiger partial charge in [0.15, 0.2) is 6.79 Å². The first-order chi connectivity index (χ1) is 7.83. The van der Waals surface area contributed by atoms with Gasteiger partial charge in [-0.25, -0.2) is 0 Å². The molecule has 0 bridgehead atoms. The van der Waals surface area contributed by atoms with Crippen molar-refractivity contribution < 1.29 is 19.0 Å². The average molecular weight is 220 g/mol. The van der Waals surface area contributed by atoms with E-state index >= 15 is 0 Å². The number of carbonyl (C=O) groups excluding carboxylic acids is 1. The quantitative estimate of drug-likeness (QED) is 0.571. The lowest BCUT2D eigenvalue weighted by molar-refractivity contribution is -0.105. The van der Waals surface area contributed by atoms with Crippen LogP contribution in [-0.4, -0.2) is 26.8 Å². The summed E-state index contributed by atoms with van der Waals surface area (Å²) >= 11 is 0. The molecule has 84 valence electrons. The van der Waals surface area contributed by atoms with Gasteiger partial charge in [0.05, 0.1) is 0 Å². The van der Waals surface area contributed by atoms with E-state index in [1.165, 1.54) is 0 Å². The van der Waals surface area contributed by atoms with E-state index in [1.807, 2.05) is 18.2 Å². The molecular weight excluding hydrogens is 208 g/mol. The maximum Gasteiger partial charge on any atom is 0.188 e. The highest BCUT2D eigenvalue weighted by molar-refractivity contribution is 5.84. The minimum absolute atomic E-state index is 0.203. The van der Waals surface area contributed by atoms with E-state index in [-0.39, 0.29) is 6.79 Å². The number of methoxy groups -OCH3 is 1. The molecule has 0 radical (unpaired) electrons. The molecule has 0 saturated carbocycles. The van der Waals surface area contributed by atoms with Gasteiger partial charge in [-0.3, -0.25) is 4.79 Å². The normalized spacial score (nSPS) is 13.4. The molecule has 0 atom stereocenters. The van der Waals surface area contributed by atoms with Crippen molar-refractivity contribution in [1.82, 2.24) is 0 Å². The number of fused-ring (bicyclic) bond motifs is 1. The highest BCUT2D eigenvalue weighted by Gasteiger charge is 2.11. The van der Waals surface area contributed by atoms with Gasteiger partial charge in [-0.1, -0.05) is 0 Å². The van der Waals surface area contributed by atoms with Crippen molar-refractivity contribution in [1.29, 1.82) is 0 Å². The first kappa shape index (κ1) is 10.7. The van der Waals surface area contributed by atoms with Crippen LogP contribution in [0.1, 0.15) is 5.56 Å². The van der Waals surface area contributed by atoms with Gasteiger partial charge in [-0.2, -0.15) is 0 Å². The molecule has 16 heavy (non-hydrogen) atoms. The summed E-state index contributed by atoms with van der Waals surface area (Å²) in [5.41, 5.74) is 1.52. The Labute approximate surface area is 93.4 Å². The molecule has 0 aromatic heterocycles. The van der Waals surface area contributed by atoms with Gasteiger partial charge >= 0.3 is 0 Å². The van der Waals surface area contributed by atoms with Crippen molar-refractivity contribution in [3.05, 3.63) is 29.3 Å². The van der Waals surface area contributed by atoms with Crippen LogP contribution < -0.4 is 9.47 Å². The second kappa shape index (κ2) is 4.81. The van der Waals surface area contributed by atoms with Crippen molar-refractivity contribution in [2.24, 2.45) is 0 Å². The summed E-state index contributed by atoms with van der Waals surface area (Å²) in [6.45, 7) is 0.512. The van der Waals surface area contributed by atoms with Gasteiger partial charge in [-0.05, 0) is 18.2 Å². The second-order valence-corrected chi connectivity index (χ2v) is 3.38. The summed E-state index contributed by atoms with van der Waals surface area (Å²) in [6.07, 6.45) is 2.62. The Balaban J connectivity index is 2.21. The monoisotopic (exact) mass is 220 g/mol. The summed E-state index contributed by atoms with van der Waals surface area (Å²) in [5.74, 6) is 1.41. The SMILES string of the molecule is COCOc1ccc2c(c1)OCC(C=O)=C2. The highest BCUT2D eigenvalue weighted by atomic mass is 16.7. The molecule has 0 spiro atoms. The average Bonchev–Trinajstić information content (AvgIpc) is 2.35. The first-order valence-electron chi connectivity index (χ1n) is 4.88. The largest absolute Gasteiger partial charge is 0.488 e. The number of hydrogen-bond acceptors (Lipinski definition) is 4. The molecule has 0 saturated heterocycles. The van der Waals surface area contributed by atoms with E-state index in [0.717, 1.165) is 17.6 Å². The number of hydrogen-bond donors (Lipinski definition) is 0. The molecule has 1 aromatic rings. The number of aldehydes is 1. The van der Waals surface area contributed by atoms with Crippen LogP contribution in [0.3, 0.4) is 0 Å². The predicted molar refractivity (Wildman–Crippen MR) is 58.5 cm³/mol. The van der Waals surface area contributed by atoms with Crippen LogP contribution in [0, 0.1) is 0 Å². The van der Waals surface area contributed by atoms with Gasteiger partial charge in [0, 0.05) is 24.3 Å². The lowest BCUT2D eigenvalue weighted by Crippen LogP contribution is -2.08. The van der Waals surface area contributed by atoms with Gasteiger partial charge in [0.2, 0.25) is 0 Å². The fourth-order valence-corrected chi connectivity index (χ4v) is 1.45. The third kappa shape index (κ3) is 2.23. The van der Waals surface area contributed by atoms with Crippen LogP contribution in [0.15, 0.2) is 23.8 Å². The van der Waals surface area contributed by atoms with Gasteiger partial charge in [-0.15, -0.1) is 0 Å². The summed E-state index contributed by atoms with van der Waals surface area (Å²) in [7, 11) is 1.56. The van der Waals surface area contributed by atoms with Gasteiger partial charge in [0.1, 0.15) is 24.4 Å². The number of rotatable bonds is 4. The Morgan fingerprint density at radius 3 is 3.12 bits per heavy atom. The van der Waals surface area contributed by atoms with Gasteiger partial charge < -0.3 is 14.2 Å². The standard InChI is InChI=1S/C12H12O4/c1-14-8-16-11-3-2-10-4-9(6-13)7-15-12(10)5-11/h2-6H,7-8H2,1H3. The summed E-state index contributed by atoms with van der Waals surface area (Å²) < 4.78 is 15.5. The molecule has 0 amide bonds. The van der Waals surface area contributed by atoms with Gasteiger partial charge in [0.25, 0.3) is 0 Å². The van der Waals surface area contributed by atoms with E-state index in [2.05, 4.69) is 0 Å². The van der Waals surface area contributed by atoms with Crippen LogP contribution in [-0.2, 0) is 9.53 Å². The molecule has 0 N–H and O–H groups in total. The van der Waals surface area contributed by atoms with Crippen molar-refractivity contribution >= 4 is 12.4 Å². The van der Waals surface area contributed by atoms with Crippen molar-refractivity contribution in [2.45, 2.75) is 0 Å². The highest BCUT2D eigenvalue weighted by Crippen LogP contribution is 2.29. The molecule has 1 aliphatic heterocycles. The third-order valence-electron chi connectivity index (χ3n) is 2.22. The Kier molecular flexibility index (Phi) is 3.22. The number of ether oxygens (including phenoxy) is 3. The Morgan fingerprint density at radius 1 is 1.50 bits per heavy atom. The minimum Gasteiger partial charge on any atom is -0.488 e. The van der Waals surface area contributed by atoms with Crippen molar-refractivity contribution in [2.75, 3.05) is 20.5 Å². The van der Waals surface area contributed by atoms with Crippen molar-refractivity contribution in [3.8, 4) is 11.5 Å². The summed E-state index contributed by atoms with van der Waals surface area (Å²) in [4.78, 5) is 10.6. The number of carbonyl (C=O) groups is 1. The van der Waals surface area contributed by atoms with Crippen LogP contribution in [0.25, 0.3) is 6.08 Å². The Hall–Kier alpha value is -1.81. The zero-order valence-electron chi connectivity index (χ0n) is 8.93. The number of benzene rings is 1. The van der Waals surface area contributed by atoms with E-state index in [4.69, 9.17) is 14.2 Å². The zero-order chi connectivity index (χ0) is 11.4. The molecular formula is C12H12O4. The molecule has 4 heteroatoms. The van der Waals surface area contributed by atoms with Crippen LogP contribution >= 0.6 is 0 Å². The van der Waals surface area contributed by atoms with Crippen molar-refractivity contribution in [3.63, 3.8) is 0 Å². The maximum atomic E-state index is 10.6. The lowest BCUT2D eigenvalue weighted by atomic mass is 10.1. The zero-order valence-corrected chi connectivity index (χ0v) is 8.93. The lowest BCUT2D eigenvalue weighted by Gasteiger charge is -2.16. The van der Waals surface area contributed by atoms with Crippen LogP contribution in [0.4, 0.5) is 0 Å². The summed E-state index contributed by atoms with van der Waals surface area (Å²) in [6, 6.07) is 5.45. The molecule has 1 heterocycles. The molecule has 2 rings (SSSR count). The molecule has 0 aliphatic carbocycles. The second-order valence-electron chi connectivity index (χ2n) is 3.38. The fourth-order valence-electron chi connectivity index (χ4n) is 1.45. The maximum absolute atomic E-state index is 10.6. The molecule has 0 fully saturated rings. The topological polar surface area (TPSA) is 44.8 Å². The minimum atomic E-state index is 0.203. The molecule has 1 aromatic carbocycles. The van der Waals surface area contributed by atoms with Crippen LogP contribution in [0.2, 0.25) is 0 Å².